The molecule has 1 N–H and O–H groups in total. The third-order valence-electron chi connectivity index (χ3n) is 2.97. The van der Waals surface area contributed by atoms with Crippen LogP contribution in [0.4, 0.5) is 11.4 Å². The number of likely N-dealkylation sites (N-methyl/N-ethyl adjacent to an activating group) is 1. The van der Waals surface area contributed by atoms with Gasteiger partial charge in [-0.25, -0.2) is 4.98 Å². The highest BCUT2D eigenvalue weighted by molar-refractivity contribution is 5.98. The van der Waals surface area contributed by atoms with Crippen molar-refractivity contribution in [2.45, 2.75) is 6.92 Å². The van der Waals surface area contributed by atoms with Gasteiger partial charge >= 0.3 is 5.97 Å². The van der Waals surface area contributed by atoms with Crippen molar-refractivity contribution in [3.8, 4) is 0 Å². The maximum Gasteiger partial charge on any atom is 0.323 e. The fourth-order valence-electron chi connectivity index (χ4n) is 2.10. The lowest BCUT2D eigenvalue weighted by atomic mass is 10.1. The summed E-state index contributed by atoms with van der Waals surface area (Å²) in [6.45, 7) is 2.14. The highest BCUT2D eigenvalue weighted by Crippen LogP contribution is 2.31. The molecule has 1 aromatic carbocycles. The van der Waals surface area contributed by atoms with Crippen LogP contribution < -0.4 is 4.90 Å². The van der Waals surface area contributed by atoms with Crippen LogP contribution in [0, 0.1) is 10.1 Å². The van der Waals surface area contributed by atoms with E-state index in [1.165, 1.54) is 12.3 Å². The minimum atomic E-state index is -0.956. The number of rotatable bonds is 5. The summed E-state index contributed by atoms with van der Waals surface area (Å²) in [5.74, 6) is -0.956. The summed E-state index contributed by atoms with van der Waals surface area (Å²) in [5.41, 5.74) is 0.804. The van der Waals surface area contributed by atoms with Crippen molar-refractivity contribution in [1.29, 1.82) is 0 Å². The number of hydrogen-bond acceptors (Lipinski definition) is 5. The van der Waals surface area contributed by atoms with Crippen LogP contribution in [-0.4, -0.2) is 34.1 Å². The lowest BCUT2D eigenvalue weighted by Crippen LogP contribution is -2.29. The first-order valence-electron chi connectivity index (χ1n) is 6.03. The molecule has 0 aliphatic rings. The van der Waals surface area contributed by atoms with Gasteiger partial charge in [0.15, 0.2) is 0 Å². The molecule has 0 saturated heterocycles. The van der Waals surface area contributed by atoms with Gasteiger partial charge in [0.2, 0.25) is 0 Å². The SMILES string of the molecule is CCN(CC(=O)O)c1ccc([N+](=O)[O-])c2ncccc12. The van der Waals surface area contributed by atoms with Gasteiger partial charge in [0.05, 0.1) is 4.92 Å². The molecule has 7 heteroatoms. The first-order chi connectivity index (χ1) is 9.54. The molecule has 2 aromatic rings. The molecule has 1 aromatic heterocycles. The Balaban J connectivity index is 2.63. The molecule has 0 bridgehead atoms. The highest BCUT2D eigenvalue weighted by atomic mass is 16.6. The Morgan fingerprint density at radius 2 is 2.20 bits per heavy atom. The molecule has 2 rings (SSSR count). The average Bonchev–Trinajstić information content (AvgIpc) is 2.43. The monoisotopic (exact) mass is 275 g/mol. The molecular weight excluding hydrogens is 262 g/mol. The van der Waals surface area contributed by atoms with Crippen LogP contribution >= 0.6 is 0 Å². The summed E-state index contributed by atoms with van der Waals surface area (Å²) < 4.78 is 0. The molecule has 0 atom stereocenters. The summed E-state index contributed by atoms with van der Waals surface area (Å²) in [6.07, 6.45) is 1.48. The van der Waals surface area contributed by atoms with Crippen molar-refractivity contribution < 1.29 is 14.8 Å². The summed E-state index contributed by atoms with van der Waals surface area (Å²) in [7, 11) is 0. The number of nitro benzene ring substituents is 1. The average molecular weight is 275 g/mol. The normalized spacial score (nSPS) is 10.4. The molecule has 0 fully saturated rings. The zero-order chi connectivity index (χ0) is 14.7. The number of hydrogen-bond donors (Lipinski definition) is 1. The first-order valence-corrected chi connectivity index (χ1v) is 6.03. The third-order valence-corrected chi connectivity index (χ3v) is 2.97. The van der Waals surface area contributed by atoms with E-state index in [-0.39, 0.29) is 17.7 Å². The number of benzene rings is 1. The molecule has 0 radical (unpaired) electrons. The number of nitro groups is 1. The maximum absolute atomic E-state index is 11.0. The molecule has 1 heterocycles. The van der Waals surface area contributed by atoms with Gasteiger partial charge in [-0.15, -0.1) is 0 Å². The van der Waals surface area contributed by atoms with Crippen molar-refractivity contribution in [3.05, 3.63) is 40.6 Å². The minimum absolute atomic E-state index is 0.0873. The van der Waals surface area contributed by atoms with Crippen LogP contribution in [-0.2, 0) is 4.79 Å². The van der Waals surface area contributed by atoms with Crippen molar-refractivity contribution in [1.82, 2.24) is 4.98 Å². The van der Waals surface area contributed by atoms with E-state index in [2.05, 4.69) is 4.98 Å². The first kappa shape index (κ1) is 13.7. The number of pyridine rings is 1. The number of aliphatic carboxylic acids is 1. The van der Waals surface area contributed by atoms with Crippen molar-refractivity contribution in [2.75, 3.05) is 18.0 Å². The Morgan fingerprint density at radius 1 is 1.45 bits per heavy atom. The Hall–Kier alpha value is -2.70. The second kappa shape index (κ2) is 5.52. The largest absolute Gasteiger partial charge is 0.480 e. The standard InChI is InChI=1S/C13H13N3O4/c1-2-15(8-12(17)18)10-5-6-11(16(19)20)13-9(10)4-3-7-14-13/h3-7H,2,8H2,1H3,(H,17,18). The van der Waals surface area contributed by atoms with Crippen LogP contribution in [0.2, 0.25) is 0 Å². The van der Waals surface area contributed by atoms with Crippen LogP contribution in [0.1, 0.15) is 6.92 Å². The number of carbonyl (C=O) groups is 1. The lowest BCUT2D eigenvalue weighted by molar-refractivity contribution is -0.383. The minimum Gasteiger partial charge on any atom is -0.480 e. The Morgan fingerprint density at radius 3 is 2.80 bits per heavy atom. The zero-order valence-corrected chi connectivity index (χ0v) is 10.8. The Kier molecular flexibility index (Phi) is 3.79. The van der Waals surface area contributed by atoms with Gasteiger partial charge in [-0.1, -0.05) is 0 Å². The van der Waals surface area contributed by atoms with Crippen molar-refractivity contribution in [2.24, 2.45) is 0 Å². The summed E-state index contributed by atoms with van der Waals surface area (Å²) in [5, 5.41) is 20.5. The second-order valence-electron chi connectivity index (χ2n) is 4.17. The topological polar surface area (TPSA) is 96.6 Å². The molecule has 7 nitrogen and oxygen atoms in total. The molecule has 0 saturated carbocycles. The summed E-state index contributed by atoms with van der Waals surface area (Å²) in [4.78, 5) is 27.1. The van der Waals surface area contributed by atoms with Gasteiger partial charge in [0, 0.05) is 29.9 Å². The number of fused-ring (bicyclic) bond motifs is 1. The molecule has 104 valence electrons. The van der Waals surface area contributed by atoms with E-state index in [0.717, 1.165) is 0 Å². The van der Waals surface area contributed by atoms with Gasteiger partial charge in [0.25, 0.3) is 5.69 Å². The van der Waals surface area contributed by atoms with E-state index in [4.69, 9.17) is 5.11 Å². The number of carboxylic acids is 1. The van der Waals surface area contributed by atoms with Crippen molar-refractivity contribution >= 4 is 28.2 Å². The maximum atomic E-state index is 11.0. The van der Waals surface area contributed by atoms with E-state index in [9.17, 15) is 14.9 Å². The van der Waals surface area contributed by atoms with E-state index < -0.39 is 10.9 Å². The van der Waals surface area contributed by atoms with E-state index in [1.54, 1.807) is 23.1 Å². The fraction of sp³-hybridized carbons (Fsp3) is 0.231. The Labute approximate surface area is 114 Å². The van der Waals surface area contributed by atoms with E-state index in [0.29, 0.717) is 17.6 Å². The quantitative estimate of drug-likeness (QED) is 0.662. The molecule has 0 spiro atoms. The number of non-ortho nitro benzene ring substituents is 1. The fourth-order valence-corrected chi connectivity index (χ4v) is 2.10. The second-order valence-corrected chi connectivity index (χ2v) is 4.17. The molecule has 20 heavy (non-hydrogen) atoms. The van der Waals surface area contributed by atoms with Gasteiger partial charge < -0.3 is 10.0 Å². The lowest BCUT2D eigenvalue weighted by Gasteiger charge is -2.22. The van der Waals surface area contributed by atoms with Crippen molar-refractivity contribution in [3.63, 3.8) is 0 Å². The predicted molar refractivity (Wildman–Crippen MR) is 73.9 cm³/mol. The van der Waals surface area contributed by atoms with E-state index >= 15 is 0 Å². The predicted octanol–water partition coefficient (Wildman–Crippen LogP) is 2.05. The van der Waals surface area contributed by atoms with Gasteiger partial charge in [-0.3, -0.25) is 14.9 Å². The van der Waals surface area contributed by atoms with Crippen LogP contribution in [0.3, 0.4) is 0 Å². The molecular formula is C13H13N3O4. The summed E-state index contributed by atoms with van der Waals surface area (Å²) >= 11 is 0. The van der Waals surface area contributed by atoms with Crippen LogP contribution in [0.25, 0.3) is 10.9 Å². The smallest absolute Gasteiger partial charge is 0.323 e. The molecule has 0 aliphatic heterocycles. The Bertz CT molecular complexity index is 672. The van der Waals surface area contributed by atoms with Crippen LogP contribution in [0.5, 0.6) is 0 Å². The van der Waals surface area contributed by atoms with Gasteiger partial charge in [-0.05, 0) is 25.1 Å². The molecule has 0 aliphatic carbocycles. The number of carboxylic acid groups (broad SMARTS) is 1. The van der Waals surface area contributed by atoms with Gasteiger partial charge in [0.1, 0.15) is 12.1 Å². The highest BCUT2D eigenvalue weighted by Gasteiger charge is 2.18. The zero-order valence-electron chi connectivity index (χ0n) is 10.8. The summed E-state index contributed by atoms with van der Waals surface area (Å²) in [6, 6.07) is 6.29. The number of anilines is 1. The van der Waals surface area contributed by atoms with Gasteiger partial charge in [-0.2, -0.15) is 0 Å². The third kappa shape index (κ3) is 2.51. The number of nitrogens with zero attached hydrogens (tertiary/aromatic N) is 3. The molecule has 0 unspecified atom stereocenters. The van der Waals surface area contributed by atoms with Crippen LogP contribution in [0.15, 0.2) is 30.5 Å². The molecule has 0 amide bonds. The number of aromatic nitrogens is 1. The van der Waals surface area contributed by atoms with E-state index in [1.807, 2.05) is 6.92 Å².